The molecule has 2 aromatic rings. The van der Waals surface area contributed by atoms with E-state index in [0.717, 1.165) is 6.54 Å². The Bertz CT molecular complexity index is 539. The third-order valence-electron chi connectivity index (χ3n) is 2.05. The lowest BCUT2D eigenvalue weighted by Gasteiger charge is -2.05. The smallest absolute Gasteiger partial charge is 0.248 e. The highest BCUT2D eigenvalue weighted by Crippen LogP contribution is 2.20. The molecule has 2 aromatic heterocycles. The Morgan fingerprint density at radius 1 is 1.47 bits per heavy atom. The molecule has 0 bridgehead atoms. The molecule has 6 nitrogen and oxygen atoms in total. The van der Waals surface area contributed by atoms with Crippen molar-refractivity contribution in [1.29, 1.82) is 0 Å². The van der Waals surface area contributed by atoms with E-state index in [9.17, 15) is 0 Å². The minimum Gasteiger partial charge on any atom is -0.434 e. The summed E-state index contributed by atoms with van der Waals surface area (Å²) in [5, 5.41) is 4.08. The summed E-state index contributed by atoms with van der Waals surface area (Å²) in [5.74, 6) is 0.862. The van der Waals surface area contributed by atoms with Crippen molar-refractivity contribution >= 4 is 17.2 Å². The van der Waals surface area contributed by atoms with Crippen molar-refractivity contribution in [2.45, 2.75) is 13.5 Å². The van der Waals surface area contributed by atoms with Crippen LogP contribution in [0.1, 0.15) is 12.6 Å². The summed E-state index contributed by atoms with van der Waals surface area (Å²) in [6.45, 7) is 2.76. The highest BCUT2D eigenvalue weighted by molar-refractivity contribution is 7.80. The van der Waals surface area contributed by atoms with Crippen molar-refractivity contribution in [1.82, 2.24) is 19.7 Å². The van der Waals surface area contributed by atoms with Gasteiger partial charge in [0.1, 0.15) is 4.99 Å². The molecule has 88 valence electrons. The van der Waals surface area contributed by atoms with Gasteiger partial charge in [-0.2, -0.15) is 5.10 Å². The van der Waals surface area contributed by atoms with Crippen LogP contribution in [-0.4, -0.2) is 24.7 Å². The fourth-order valence-corrected chi connectivity index (χ4v) is 1.39. The van der Waals surface area contributed by atoms with Crippen LogP contribution in [0.15, 0.2) is 24.8 Å². The van der Waals surface area contributed by atoms with E-state index in [1.54, 1.807) is 17.1 Å². The second kappa shape index (κ2) is 4.88. The molecule has 2 heterocycles. The summed E-state index contributed by atoms with van der Waals surface area (Å²) in [6.07, 6.45) is 6.39. The van der Waals surface area contributed by atoms with Gasteiger partial charge in [0, 0.05) is 18.9 Å². The van der Waals surface area contributed by atoms with Gasteiger partial charge in [0.2, 0.25) is 5.88 Å². The summed E-state index contributed by atoms with van der Waals surface area (Å²) in [5.41, 5.74) is 5.90. The molecule has 0 saturated carbocycles. The number of thiocarbonyl (C=S) groups is 1. The van der Waals surface area contributed by atoms with Crippen LogP contribution in [-0.2, 0) is 6.54 Å². The molecule has 0 aliphatic carbocycles. The normalized spacial score (nSPS) is 10.2. The zero-order valence-corrected chi connectivity index (χ0v) is 10.0. The predicted octanol–water partition coefficient (Wildman–Crippen LogP) is 1.12. The number of nitrogens with two attached hydrogens (primary N) is 1. The largest absolute Gasteiger partial charge is 0.434 e. The molecule has 0 saturated heterocycles. The zero-order chi connectivity index (χ0) is 12.3. The number of hydrogen-bond acceptors (Lipinski definition) is 5. The van der Waals surface area contributed by atoms with E-state index in [1.165, 1.54) is 12.4 Å². The van der Waals surface area contributed by atoms with Gasteiger partial charge in [0.05, 0.1) is 12.4 Å². The second-order valence-electron chi connectivity index (χ2n) is 3.21. The van der Waals surface area contributed by atoms with Crippen molar-refractivity contribution in [2.24, 2.45) is 5.73 Å². The SMILES string of the molecule is CCn1cc(Oc2nccnc2C(N)=S)cn1. The van der Waals surface area contributed by atoms with Crippen molar-refractivity contribution in [3.05, 3.63) is 30.5 Å². The molecular weight excluding hydrogens is 238 g/mol. The van der Waals surface area contributed by atoms with Gasteiger partial charge in [-0.3, -0.25) is 4.68 Å². The fourth-order valence-electron chi connectivity index (χ4n) is 1.25. The Labute approximate surface area is 103 Å². The maximum absolute atomic E-state index is 5.53. The van der Waals surface area contributed by atoms with Crippen molar-refractivity contribution in [2.75, 3.05) is 0 Å². The van der Waals surface area contributed by atoms with Crippen LogP contribution in [0.3, 0.4) is 0 Å². The second-order valence-corrected chi connectivity index (χ2v) is 3.65. The monoisotopic (exact) mass is 249 g/mol. The molecule has 2 rings (SSSR count). The summed E-state index contributed by atoms with van der Waals surface area (Å²) in [4.78, 5) is 8.21. The Morgan fingerprint density at radius 2 is 2.24 bits per heavy atom. The average molecular weight is 249 g/mol. The summed E-state index contributed by atoms with van der Waals surface area (Å²) in [7, 11) is 0. The number of rotatable bonds is 4. The van der Waals surface area contributed by atoms with Crippen LogP contribution in [0.4, 0.5) is 0 Å². The van der Waals surface area contributed by atoms with Gasteiger partial charge in [0.15, 0.2) is 11.4 Å². The van der Waals surface area contributed by atoms with Crippen LogP contribution in [0.25, 0.3) is 0 Å². The van der Waals surface area contributed by atoms with Crippen molar-refractivity contribution in [3.63, 3.8) is 0 Å². The Balaban J connectivity index is 2.26. The zero-order valence-electron chi connectivity index (χ0n) is 9.20. The summed E-state index contributed by atoms with van der Waals surface area (Å²) in [6, 6.07) is 0. The topological polar surface area (TPSA) is 78.8 Å². The number of aryl methyl sites for hydroxylation is 1. The number of nitrogens with zero attached hydrogens (tertiary/aromatic N) is 4. The highest BCUT2D eigenvalue weighted by Gasteiger charge is 2.10. The maximum Gasteiger partial charge on any atom is 0.248 e. The van der Waals surface area contributed by atoms with Crippen LogP contribution in [0.2, 0.25) is 0 Å². The lowest BCUT2D eigenvalue weighted by Crippen LogP contribution is -2.13. The van der Waals surface area contributed by atoms with Crippen LogP contribution in [0, 0.1) is 0 Å². The van der Waals surface area contributed by atoms with Crippen LogP contribution < -0.4 is 10.5 Å². The fraction of sp³-hybridized carbons (Fsp3) is 0.200. The van der Waals surface area contributed by atoms with Crippen LogP contribution >= 0.6 is 12.2 Å². The number of ether oxygens (including phenoxy) is 1. The molecule has 0 radical (unpaired) electrons. The van der Waals surface area contributed by atoms with Crippen molar-refractivity contribution in [3.8, 4) is 11.6 Å². The quantitative estimate of drug-likeness (QED) is 0.818. The first-order valence-electron chi connectivity index (χ1n) is 5.02. The van der Waals surface area contributed by atoms with Gasteiger partial charge >= 0.3 is 0 Å². The minimum atomic E-state index is 0.149. The van der Waals surface area contributed by atoms with Crippen LogP contribution in [0.5, 0.6) is 11.6 Å². The van der Waals surface area contributed by atoms with Crippen molar-refractivity contribution < 1.29 is 4.74 Å². The highest BCUT2D eigenvalue weighted by atomic mass is 32.1. The minimum absolute atomic E-state index is 0.149. The Morgan fingerprint density at radius 3 is 2.88 bits per heavy atom. The van der Waals surface area contributed by atoms with Gasteiger partial charge in [-0.25, -0.2) is 9.97 Å². The lowest BCUT2D eigenvalue weighted by molar-refractivity contribution is 0.458. The molecule has 0 fully saturated rings. The molecule has 7 heteroatoms. The Kier molecular flexibility index (Phi) is 3.29. The molecule has 0 amide bonds. The molecular formula is C10H11N5OS. The lowest BCUT2D eigenvalue weighted by atomic mass is 10.4. The van der Waals surface area contributed by atoms with Gasteiger partial charge < -0.3 is 10.5 Å². The standard InChI is InChI=1S/C10H11N5OS/c1-2-15-6-7(5-14-15)16-10-8(9(11)17)12-3-4-13-10/h3-6H,2H2,1H3,(H2,11,17). The predicted molar refractivity (Wildman–Crippen MR) is 65.9 cm³/mol. The third-order valence-corrected chi connectivity index (χ3v) is 2.24. The Hall–Kier alpha value is -2.02. The molecule has 0 atom stereocenters. The number of aromatic nitrogens is 4. The molecule has 0 spiro atoms. The van der Waals surface area contributed by atoms with E-state index in [2.05, 4.69) is 15.1 Å². The first-order valence-corrected chi connectivity index (χ1v) is 5.42. The molecule has 0 aromatic carbocycles. The third kappa shape index (κ3) is 2.56. The summed E-state index contributed by atoms with van der Waals surface area (Å²) >= 11 is 4.87. The molecule has 0 unspecified atom stereocenters. The van der Waals surface area contributed by atoms with E-state index < -0.39 is 0 Å². The first-order chi connectivity index (χ1) is 8.20. The van der Waals surface area contributed by atoms with Gasteiger partial charge in [0.25, 0.3) is 0 Å². The van der Waals surface area contributed by atoms with Gasteiger partial charge in [-0.15, -0.1) is 0 Å². The summed E-state index contributed by atoms with van der Waals surface area (Å²) < 4.78 is 7.27. The van der Waals surface area contributed by atoms with E-state index >= 15 is 0 Å². The average Bonchev–Trinajstić information content (AvgIpc) is 2.77. The molecule has 0 aliphatic rings. The van der Waals surface area contributed by atoms with E-state index in [4.69, 9.17) is 22.7 Å². The van der Waals surface area contributed by atoms with Gasteiger partial charge in [-0.05, 0) is 6.92 Å². The number of hydrogen-bond donors (Lipinski definition) is 1. The molecule has 0 aliphatic heterocycles. The maximum atomic E-state index is 5.53. The molecule has 2 N–H and O–H groups in total. The van der Waals surface area contributed by atoms with E-state index in [0.29, 0.717) is 11.4 Å². The van der Waals surface area contributed by atoms with E-state index in [1.807, 2.05) is 6.92 Å². The van der Waals surface area contributed by atoms with E-state index in [-0.39, 0.29) is 10.9 Å². The first kappa shape index (κ1) is 11.5. The molecule has 17 heavy (non-hydrogen) atoms. The van der Waals surface area contributed by atoms with Gasteiger partial charge in [-0.1, -0.05) is 12.2 Å².